The second-order valence-electron chi connectivity index (χ2n) is 6.13. The second-order valence-corrected chi connectivity index (χ2v) is 6.13. The molecule has 0 aliphatic carbocycles. The van der Waals surface area contributed by atoms with Gasteiger partial charge in [0.15, 0.2) is 11.3 Å². The van der Waals surface area contributed by atoms with Gasteiger partial charge in [-0.05, 0) is 23.3 Å². The maximum atomic E-state index is 13.1. The number of hydrogen-bond acceptors (Lipinski definition) is 3. The topological polar surface area (TPSA) is 46.3 Å². The largest absolute Gasteiger partial charge is 0.449 e. The lowest BCUT2D eigenvalue weighted by atomic mass is 10.1. The van der Waals surface area contributed by atoms with Crippen molar-refractivity contribution >= 4 is 17.0 Å². The minimum Gasteiger partial charge on any atom is -0.449 e. The number of fused-ring (bicyclic) bond motifs is 1. The molecule has 0 atom stereocenters. The van der Waals surface area contributed by atoms with Gasteiger partial charge >= 0.3 is 0 Å². The van der Waals surface area contributed by atoms with Gasteiger partial charge in [0.25, 0.3) is 5.91 Å². The van der Waals surface area contributed by atoms with Crippen molar-refractivity contribution in [1.29, 1.82) is 0 Å². The summed E-state index contributed by atoms with van der Waals surface area (Å²) >= 11 is 0. The molecule has 0 saturated carbocycles. The van der Waals surface area contributed by atoms with Crippen LogP contribution in [0.2, 0.25) is 0 Å². The number of aromatic nitrogens is 1. The van der Waals surface area contributed by atoms with E-state index in [-0.39, 0.29) is 5.91 Å². The maximum absolute atomic E-state index is 13.1. The van der Waals surface area contributed by atoms with Crippen LogP contribution in [0.25, 0.3) is 11.1 Å². The van der Waals surface area contributed by atoms with E-state index in [1.165, 1.54) is 0 Å². The Balaban J connectivity index is 1.65. The van der Waals surface area contributed by atoms with Gasteiger partial charge in [0.2, 0.25) is 0 Å². The molecule has 4 aromatic rings. The summed E-state index contributed by atoms with van der Waals surface area (Å²) in [6.07, 6.45) is 1.69. The van der Waals surface area contributed by atoms with Crippen molar-refractivity contribution in [3.8, 4) is 0 Å². The van der Waals surface area contributed by atoms with E-state index in [9.17, 15) is 4.79 Å². The third-order valence-electron chi connectivity index (χ3n) is 4.22. The zero-order valence-electron chi connectivity index (χ0n) is 14.2. The highest BCUT2D eigenvalue weighted by Crippen LogP contribution is 2.20. The molecule has 4 heteroatoms. The van der Waals surface area contributed by atoms with Gasteiger partial charge in [0.1, 0.15) is 5.52 Å². The van der Waals surface area contributed by atoms with Gasteiger partial charge in [0, 0.05) is 25.4 Å². The lowest BCUT2D eigenvalue weighted by Crippen LogP contribution is -2.29. The van der Waals surface area contributed by atoms with Crippen LogP contribution in [0.15, 0.2) is 89.5 Å². The first-order valence-electron chi connectivity index (χ1n) is 8.51. The molecule has 0 aliphatic rings. The van der Waals surface area contributed by atoms with Crippen molar-refractivity contribution in [2.24, 2.45) is 0 Å². The SMILES string of the molecule is O=C(c1cc2ncccc2o1)N(Cc1ccccc1)Cc1ccccc1. The number of carbonyl (C=O) groups is 1. The highest BCUT2D eigenvalue weighted by molar-refractivity contribution is 5.95. The minimum absolute atomic E-state index is 0.143. The molecule has 0 N–H and O–H groups in total. The van der Waals surface area contributed by atoms with Gasteiger partial charge in [-0.2, -0.15) is 0 Å². The number of benzene rings is 2. The van der Waals surface area contributed by atoms with Crippen LogP contribution in [0.4, 0.5) is 0 Å². The van der Waals surface area contributed by atoms with Gasteiger partial charge in [-0.25, -0.2) is 0 Å². The van der Waals surface area contributed by atoms with E-state index in [4.69, 9.17) is 4.42 Å². The van der Waals surface area contributed by atoms with Crippen molar-refractivity contribution in [2.75, 3.05) is 0 Å². The van der Waals surface area contributed by atoms with Crippen LogP contribution >= 0.6 is 0 Å². The average molecular weight is 342 g/mol. The second kappa shape index (κ2) is 7.23. The standard InChI is InChI=1S/C22H18N2O2/c25-22(21-14-19-20(26-21)12-7-13-23-19)24(15-17-8-3-1-4-9-17)16-18-10-5-2-6-11-18/h1-14H,15-16H2. The van der Waals surface area contributed by atoms with E-state index >= 15 is 0 Å². The van der Waals surface area contributed by atoms with Crippen molar-refractivity contribution < 1.29 is 9.21 Å². The molecule has 2 aromatic carbocycles. The Labute approximate surface area is 151 Å². The van der Waals surface area contributed by atoms with Crippen LogP contribution in [0.3, 0.4) is 0 Å². The Morgan fingerprint density at radius 2 is 1.46 bits per heavy atom. The zero-order valence-corrected chi connectivity index (χ0v) is 14.2. The normalized spacial score (nSPS) is 10.8. The molecule has 0 radical (unpaired) electrons. The highest BCUT2D eigenvalue weighted by Gasteiger charge is 2.21. The fourth-order valence-corrected chi connectivity index (χ4v) is 2.94. The molecule has 128 valence electrons. The summed E-state index contributed by atoms with van der Waals surface area (Å²) in [5.41, 5.74) is 3.46. The lowest BCUT2D eigenvalue weighted by molar-refractivity contribution is 0.0700. The first kappa shape index (κ1) is 16.1. The summed E-state index contributed by atoms with van der Waals surface area (Å²) < 4.78 is 5.73. The molecular formula is C22H18N2O2. The van der Waals surface area contributed by atoms with Crippen LogP contribution in [0, 0.1) is 0 Å². The van der Waals surface area contributed by atoms with Crippen molar-refractivity contribution in [1.82, 2.24) is 9.88 Å². The smallest absolute Gasteiger partial charge is 0.290 e. The van der Waals surface area contributed by atoms with Gasteiger partial charge in [-0.3, -0.25) is 9.78 Å². The molecule has 0 saturated heterocycles. The lowest BCUT2D eigenvalue weighted by Gasteiger charge is -2.22. The van der Waals surface area contributed by atoms with Gasteiger partial charge in [-0.15, -0.1) is 0 Å². The van der Waals surface area contributed by atoms with E-state index in [0.29, 0.717) is 29.9 Å². The fourth-order valence-electron chi connectivity index (χ4n) is 2.94. The summed E-state index contributed by atoms with van der Waals surface area (Å²) in [5, 5.41) is 0. The molecule has 0 bridgehead atoms. The number of carbonyl (C=O) groups excluding carboxylic acids is 1. The van der Waals surface area contributed by atoms with Crippen LogP contribution < -0.4 is 0 Å². The van der Waals surface area contributed by atoms with Crippen LogP contribution in [0.5, 0.6) is 0 Å². The summed E-state index contributed by atoms with van der Waals surface area (Å²) in [5.74, 6) is 0.168. The maximum Gasteiger partial charge on any atom is 0.290 e. The molecule has 0 spiro atoms. The Kier molecular flexibility index (Phi) is 4.48. The molecular weight excluding hydrogens is 324 g/mol. The fraction of sp³-hybridized carbons (Fsp3) is 0.0909. The molecule has 26 heavy (non-hydrogen) atoms. The highest BCUT2D eigenvalue weighted by atomic mass is 16.3. The van der Waals surface area contributed by atoms with Gasteiger partial charge in [-0.1, -0.05) is 60.7 Å². The van der Waals surface area contributed by atoms with E-state index in [1.54, 1.807) is 23.2 Å². The Morgan fingerprint density at radius 3 is 2.04 bits per heavy atom. The zero-order chi connectivity index (χ0) is 17.8. The predicted octanol–water partition coefficient (Wildman–Crippen LogP) is 4.67. The minimum atomic E-state index is -0.143. The molecule has 2 aromatic heterocycles. The quantitative estimate of drug-likeness (QED) is 0.529. The summed E-state index contributed by atoms with van der Waals surface area (Å²) in [6, 6.07) is 25.3. The van der Waals surface area contributed by atoms with Crippen LogP contribution in [-0.4, -0.2) is 15.8 Å². The van der Waals surface area contributed by atoms with Crippen molar-refractivity contribution in [3.63, 3.8) is 0 Å². The number of rotatable bonds is 5. The molecule has 2 heterocycles. The summed E-state index contributed by atoms with van der Waals surface area (Å²) in [7, 11) is 0. The van der Waals surface area contributed by atoms with E-state index in [1.807, 2.05) is 66.7 Å². The molecule has 0 fully saturated rings. The first-order valence-corrected chi connectivity index (χ1v) is 8.51. The predicted molar refractivity (Wildman–Crippen MR) is 100 cm³/mol. The van der Waals surface area contributed by atoms with Gasteiger partial charge < -0.3 is 9.32 Å². The van der Waals surface area contributed by atoms with Crippen LogP contribution in [-0.2, 0) is 13.1 Å². The Hall–Kier alpha value is -3.40. The number of pyridine rings is 1. The average Bonchev–Trinajstić information content (AvgIpc) is 3.13. The molecule has 1 amide bonds. The molecule has 0 aliphatic heterocycles. The monoisotopic (exact) mass is 342 g/mol. The summed E-state index contributed by atoms with van der Waals surface area (Å²) in [6.45, 7) is 1.03. The molecule has 4 rings (SSSR count). The van der Waals surface area contributed by atoms with Crippen LogP contribution in [0.1, 0.15) is 21.7 Å². The van der Waals surface area contributed by atoms with E-state index < -0.39 is 0 Å². The van der Waals surface area contributed by atoms with E-state index in [0.717, 1.165) is 11.1 Å². The third-order valence-corrected chi connectivity index (χ3v) is 4.22. The third kappa shape index (κ3) is 3.49. The van der Waals surface area contributed by atoms with E-state index in [2.05, 4.69) is 4.98 Å². The Morgan fingerprint density at radius 1 is 0.846 bits per heavy atom. The number of amides is 1. The summed E-state index contributed by atoms with van der Waals surface area (Å²) in [4.78, 5) is 19.2. The first-order chi connectivity index (χ1) is 12.8. The van der Waals surface area contributed by atoms with Crippen molar-refractivity contribution in [3.05, 3.63) is 102 Å². The Bertz CT molecular complexity index is 935. The molecule has 0 unspecified atom stereocenters. The number of hydrogen-bond donors (Lipinski definition) is 0. The number of nitrogens with zero attached hydrogens (tertiary/aromatic N) is 2. The van der Waals surface area contributed by atoms with Crippen molar-refractivity contribution in [2.45, 2.75) is 13.1 Å². The van der Waals surface area contributed by atoms with Gasteiger partial charge in [0.05, 0.1) is 0 Å². The number of furan rings is 1. The molecule has 4 nitrogen and oxygen atoms in total.